The second-order valence-corrected chi connectivity index (χ2v) is 9.13. The van der Waals surface area contributed by atoms with Crippen molar-refractivity contribution in [2.24, 2.45) is 0 Å². The third-order valence-corrected chi connectivity index (χ3v) is 6.16. The van der Waals surface area contributed by atoms with Crippen LogP contribution in [0.2, 0.25) is 0 Å². The molecule has 3 aromatic rings. The molecule has 0 saturated heterocycles. The molecule has 0 heterocycles. The zero-order valence-electron chi connectivity index (χ0n) is 22.1. The highest BCUT2D eigenvalue weighted by Gasteiger charge is 2.30. The van der Waals surface area contributed by atoms with E-state index >= 15 is 0 Å². The van der Waals surface area contributed by atoms with Crippen LogP contribution in [-0.2, 0) is 22.6 Å². The second-order valence-electron chi connectivity index (χ2n) is 9.13. The van der Waals surface area contributed by atoms with Gasteiger partial charge in [0.2, 0.25) is 11.8 Å². The molecule has 0 aromatic heterocycles. The number of carbonyl (C=O) groups is 2. The molecule has 6 heteroatoms. The summed E-state index contributed by atoms with van der Waals surface area (Å²) in [4.78, 5) is 28.6. The largest absolute Gasteiger partial charge is 0.497 e. The smallest absolute Gasteiger partial charge is 0.243 e. The van der Waals surface area contributed by atoms with Crippen molar-refractivity contribution in [3.63, 3.8) is 0 Å². The van der Waals surface area contributed by atoms with E-state index in [-0.39, 0.29) is 18.2 Å². The molecule has 1 atom stereocenters. The first-order valence-electron chi connectivity index (χ1n) is 12.9. The van der Waals surface area contributed by atoms with Gasteiger partial charge in [-0.25, -0.2) is 0 Å². The van der Waals surface area contributed by atoms with E-state index in [1.807, 2.05) is 92.7 Å². The third-order valence-electron chi connectivity index (χ3n) is 6.16. The van der Waals surface area contributed by atoms with Gasteiger partial charge in [0.15, 0.2) is 0 Å². The SMILES string of the molecule is CCCNC(=O)[C@H](Cc1ccccc1)N(Cc1ccc(C)cc1)C(=O)CCCOc1ccc(OC)cc1. The van der Waals surface area contributed by atoms with Crippen molar-refractivity contribution in [2.45, 2.75) is 52.1 Å². The van der Waals surface area contributed by atoms with Gasteiger partial charge in [-0.3, -0.25) is 9.59 Å². The number of nitrogens with zero attached hydrogens (tertiary/aromatic N) is 1. The van der Waals surface area contributed by atoms with Crippen LogP contribution in [0.15, 0.2) is 78.9 Å². The maximum absolute atomic E-state index is 13.6. The summed E-state index contributed by atoms with van der Waals surface area (Å²) < 4.78 is 11.0. The first-order valence-corrected chi connectivity index (χ1v) is 12.9. The molecule has 0 radical (unpaired) electrons. The maximum atomic E-state index is 13.6. The minimum Gasteiger partial charge on any atom is -0.497 e. The summed E-state index contributed by atoms with van der Waals surface area (Å²) in [6.07, 6.45) is 2.12. The van der Waals surface area contributed by atoms with Crippen molar-refractivity contribution in [3.05, 3.63) is 95.6 Å². The average Bonchev–Trinajstić information content (AvgIpc) is 2.93. The fourth-order valence-corrected chi connectivity index (χ4v) is 4.04. The van der Waals surface area contributed by atoms with E-state index in [1.54, 1.807) is 12.0 Å². The molecule has 1 N–H and O–H groups in total. The Hall–Kier alpha value is -3.80. The highest BCUT2D eigenvalue weighted by Crippen LogP contribution is 2.19. The van der Waals surface area contributed by atoms with Gasteiger partial charge in [-0.05, 0) is 55.2 Å². The molecule has 3 rings (SSSR count). The number of amides is 2. The summed E-state index contributed by atoms with van der Waals surface area (Å²) in [6, 6.07) is 24.7. The molecule has 37 heavy (non-hydrogen) atoms. The van der Waals surface area contributed by atoms with Gasteiger partial charge in [-0.1, -0.05) is 67.1 Å². The zero-order valence-corrected chi connectivity index (χ0v) is 22.1. The number of carbonyl (C=O) groups excluding carboxylic acids is 2. The number of benzene rings is 3. The Balaban J connectivity index is 1.74. The van der Waals surface area contributed by atoms with E-state index in [0.29, 0.717) is 32.5 Å². The second kappa shape index (κ2) is 14.7. The lowest BCUT2D eigenvalue weighted by Gasteiger charge is -2.31. The molecular formula is C31H38N2O4. The van der Waals surface area contributed by atoms with Crippen LogP contribution in [0, 0.1) is 6.92 Å². The summed E-state index contributed by atoms with van der Waals surface area (Å²) in [7, 11) is 1.62. The van der Waals surface area contributed by atoms with Crippen molar-refractivity contribution in [3.8, 4) is 11.5 Å². The lowest BCUT2D eigenvalue weighted by Crippen LogP contribution is -2.50. The van der Waals surface area contributed by atoms with E-state index in [2.05, 4.69) is 5.32 Å². The molecule has 196 valence electrons. The Labute approximate surface area is 220 Å². The van der Waals surface area contributed by atoms with Crippen LogP contribution < -0.4 is 14.8 Å². The standard InChI is InChI=1S/C31H38N2O4/c1-4-20-32-31(35)29(22-25-9-6-5-7-10-25)33(23-26-14-12-24(2)13-15-26)30(34)11-8-21-37-28-18-16-27(36-3)17-19-28/h5-7,9-10,12-19,29H,4,8,11,20-23H2,1-3H3,(H,32,35)/t29-/m0/s1. The summed E-state index contributed by atoms with van der Waals surface area (Å²) in [5, 5.41) is 3.01. The number of ether oxygens (including phenoxy) is 2. The van der Waals surface area contributed by atoms with Crippen molar-refractivity contribution >= 4 is 11.8 Å². The first kappa shape index (κ1) is 27.8. The number of hydrogen-bond donors (Lipinski definition) is 1. The molecule has 0 aliphatic heterocycles. The van der Waals surface area contributed by atoms with Gasteiger partial charge in [0, 0.05) is 25.9 Å². The van der Waals surface area contributed by atoms with Gasteiger partial charge < -0.3 is 19.7 Å². The number of hydrogen-bond acceptors (Lipinski definition) is 4. The monoisotopic (exact) mass is 502 g/mol. The summed E-state index contributed by atoms with van der Waals surface area (Å²) in [5.74, 6) is 1.30. The fourth-order valence-electron chi connectivity index (χ4n) is 4.04. The number of methoxy groups -OCH3 is 1. The van der Waals surface area contributed by atoms with E-state index in [9.17, 15) is 9.59 Å². The molecule has 0 fully saturated rings. The number of nitrogens with one attached hydrogen (secondary N) is 1. The zero-order chi connectivity index (χ0) is 26.5. The van der Waals surface area contributed by atoms with Gasteiger partial charge in [-0.15, -0.1) is 0 Å². The molecule has 0 aliphatic rings. The molecule has 0 unspecified atom stereocenters. The van der Waals surface area contributed by atoms with Crippen molar-refractivity contribution in [1.29, 1.82) is 0 Å². The third kappa shape index (κ3) is 8.98. The molecule has 0 saturated carbocycles. The number of aryl methyl sites for hydroxylation is 1. The van der Waals surface area contributed by atoms with Crippen molar-refractivity contribution < 1.29 is 19.1 Å². The van der Waals surface area contributed by atoms with E-state index in [1.165, 1.54) is 0 Å². The normalized spacial score (nSPS) is 11.4. The molecule has 0 bridgehead atoms. The predicted octanol–water partition coefficient (Wildman–Crippen LogP) is 5.33. The first-order chi connectivity index (χ1) is 18.0. The highest BCUT2D eigenvalue weighted by atomic mass is 16.5. The highest BCUT2D eigenvalue weighted by molar-refractivity contribution is 5.88. The molecule has 0 spiro atoms. The van der Waals surface area contributed by atoms with E-state index < -0.39 is 6.04 Å². The van der Waals surface area contributed by atoms with Crippen LogP contribution in [0.5, 0.6) is 11.5 Å². The summed E-state index contributed by atoms with van der Waals surface area (Å²) in [5.41, 5.74) is 3.16. The van der Waals surface area contributed by atoms with Crippen LogP contribution >= 0.6 is 0 Å². The number of rotatable bonds is 14. The van der Waals surface area contributed by atoms with Crippen molar-refractivity contribution in [1.82, 2.24) is 10.2 Å². The van der Waals surface area contributed by atoms with Gasteiger partial charge in [0.25, 0.3) is 0 Å². The summed E-state index contributed by atoms with van der Waals surface area (Å²) in [6.45, 7) is 5.40. The molecule has 6 nitrogen and oxygen atoms in total. The topological polar surface area (TPSA) is 67.9 Å². The lowest BCUT2D eigenvalue weighted by atomic mass is 10.0. The molecule has 0 aliphatic carbocycles. The van der Waals surface area contributed by atoms with Gasteiger partial charge in [0.05, 0.1) is 13.7 Å². The van der Waals surface area contributed by atoms with Crippen LogP contribution in [0.3, 0.4) is 0 Å². The van der Waals surface area contributed by atoms with E-state index in [0.717, 1.165) is 34.6 Å². The minimum absolute atomic E-state index is 0.0634. The Morgan fingerprint density at radius 1 is 0.892 bits per heavy atom. The molecule has 3 aromatic carbocycles. The van der Waals surface area contributed by atoms with E-state index in [4.69, 9.17) is 9.47 Å². The Kier molecular flexibility index (Phi) is 11.0. The fraction of sp³-hybridized carbons (Fsp3) is 0.355. The Morgan fingerprint density at radius 2 is 1.57 bits per heavy atom. The van der Waals surface area contributed by atoms with Gasteiger partial charge in [0.1, 0.15) is 17.5 Å². The minimum atomic E-state index is -0.606. The quantitative estimate of drug-likeness (QED) is 0.303. The van der Waals surface area contributed by atoms with Crippen LogP contribution in [0.1, 0.15) is 42.9 Å². The van der Waals surface area contributed by atoms with Gasteiger partial charge >= 0.3 is 0 Å². The maximum Gasteiger partial charge on any atom is 0.243 e. The van der Waals surface area contributed by atoms with Gasteiger partial charge in [-0.2, -0.15) is 0 Å². The molecule has 2 amide bonds. The van der Waals surface area contributed by atoms with Crippen LogP contribution in [0.4, 0.5) is 0 Å². The summed E-state index contributed by atoms with van der Waals surface area (Å²) >= 11 is 0. The Morgan fingerprint density at radius 3 is 2.22 bits per heavy atom. The Bertz CT molecular complexity index is 1100. The lowest BCUT2D eigenvalue weighted by molar-refractivity contribution is -0.141. The van der Waals surface area contributed by atoms with Crippen LogP contribution in [-0.4, -0.2) is 43.0 Å². The average molecular weight is 503 g/mol. The van der Waals surface area contributed by atoms with Crippen molar-refractivity contribution in [2.75, 3.05) is 20.3 Å². The predicted molar refractivity (Wildman–Crippen MR) is 147 cm³/mol. The van der Waals surface area contributed by atoms with Crippen LogP contribution in [0.25, 0.3) is 0 Å². The molecular weight excluding hydrogens is 464 g/mol.